The van der Waals surface area contributed by atoms with Crippen LogP contribution in [0.25, 0.3) is 10.1 Å². The van der Waals surface area contributed by atoms with Crippen molar-refractivity contribution in [3.8, 4) is 0 Å². The Morgan fingerprint density at radius 2 is 2.19 bits per heavy atom. The van der Waals surface area contributed by atoms with Gasteiger partial charge in [0.15, 0.2) is 5.96 Å². The number of hydrogen-bond acceptors (Lipinski definition) is 5. The molecule has 9 heteroatoms. The van der Waals surface area contributed by atoms with Gasteiger partial charge in [0.05, 0.1) is 6.54 Å². The van der Waals surface area contributed by atoms with Crippen molar-refractivity contribution in [2.75, 3.05) is 19.6 Å². The number of thiophene rings is 1. The summed E-state index contributed by atoms with van der Waals surface area (Å²) < 4.78 is 4.55. The van der Waals surface area contributed by atoms with Crippen LogP contribution < -0.4 is 16.3 Å². The molecule has 4 rings (SSSR count). The fraction of sp³-hybridized carbons (Fsp3) is 0.500. The predicted octanol–water partition coefficient (Wildman–Crippen LogP) is 2.27. The lowest BCUT2D eigenvalue weighted by Gasteiger charge is -2.12. The van der Waals surface area contributed by atoms with E-state index in [1.165, 1.54) is 4.70 Å². The molecule has 0 aliphatic carbocycles. The Bertz CT molecular complexity index is 1070. The highest BCUT2D eigenvalue weighted by atomic mass is 32.1. The van der Waals surface area contributed by atoms with Crippen LogP contribution in [0.1, 0.15) is 43.0 Å². The number of aliphatic hydroxyl groups excluding tert-OH is 1. The van der Waals surface area contributed by atoms with Crippen molar-refractivity contribution in [3.63, 3.8) is 0 Å². The summed E-state index contributed by atoms with van der Waals surface area (Å²) in [7, 11) is 0. The fourth-order valence-electron chi connectivity index (χ4n) is 3.81. The van der Waals surface area contributed by atoms with Crippen LogP contribution >= 0.6 is 11.3 Å². The first kappa shape index (κ1) is 21.6. The second-order valence-corrected chi connectivity index (χ2v) is 8.85. The zero-order chi connectivity index (χ0) is 21.6. The van der Waals surface area contributed by atoms with Crippen molar-refractivity contribution >= 4 is 27.4 Å². The van der Waals surface area contributed by atoms with Gasteiger partial charge in [0.25, 0.3) is 0 Å². The minimum absolute atomic E-state index is 0.00160. The lowest BCUT2D eigenvalue weighted by Crippen LogP contribution is -2.38. The van der Waals surface area contributed by atoms with E-state index in [4.69, 9.17) is 0 Å². The maximum absolute atomic E-state index is 12.4. The Morgan fingerprint density at radius 1 is 1.32 bits per heavy atom. The molecule has 166 valence electrons. The first-order valence-corrected chi connectivity index (χ1v) is 11.8. The lowest BCUT2D eigenvalue weighted by molar-refractivity contribution is 0.191. The van der Waals surface area contributed by atoms with Gasteiger partial charge < -0.3 is 15.7 Å². The number of fused-ring (bicyclic) bond motifs is 2. The summed E-state index contributed by atoms with van der Waals surface area (Å²) in [5.41, 5.74) is 0.00160. The molecule has 0 saturated carbocycles. The van der Waals surface area contributed by atoms with Gasteiger partial charge in [-0.3, -0.25) is 9.56 Å². The zero-order valence-corrected chi connectivity index (χ0v) is 18.7. The van der Waals surface area contributed by atoms with Crippen molar-refractivity contribution in [2.45, 2.75) is 51.8 Å². The van der Waals surface area contributed by atoms with Gasteiger partial charge in [0, 0.05) is 42.2 Å². The number of aryl methyl sites for hydroxylation is 2. The summed E-state index contributed by atoms with van der Waals surface area (Å²) in [5.74, 6) is 1.58. The van der Waals surface area contributed by atoms with Crippen LogP contribution in [0, 0.1) is 0 Å². The van der Waals surface area contributed by atoms with Gasteiger partial charge >= 0.3 is 5.69 Å². The normalized spacial score (nSPS) is 15.1. The van der Waals surface area contributed by atoms with Crippen LogP contribution in [-0.4, -0.2) is 45.0 Å². The van der Waals surface area contributed by atoms with Gasteiger partial charge in [-0.1, -0.05) is 18.2 Å². The van der Waals surface area contributed by atoms with E-state index in [1.807, 2.05) is 25.1 Å². The molecule has 2 aromatic heterocycles. The van der Waals surface area contributed by atoms with Crippen LogP contribution in [0.15, 0.2) is 40.1 Å². The summed E-state index contributed by atoms with van der Waals surface area (Å²) in [6, 6.07) is 10.2. The molecule has 0 fully saturated rings. The molecule has 1 aliphatic heterocycles. The zero-order valence-electron chi connectivity index (χ0n) is 17.9. The Morgan fingerprint density at radius 3 is 3.00 bits per heavy atom. The summed E-state index contributed by atoms with van der Waals surface area (Å²) in [6.45, 7) is 5.06. The van der Waals surface area contributed by atoms with E-state index in [-0.39, 0.29) is 12.2 Å². The van der Waals surface area contributed by atoms with Crippen molar-refractivity contribution < 1.29 is 5.11 Å². The van der Waals surface area contributed by atoms with E-state index in [0.717, 1.165) is 54.9 Å². The fourth-order valence-corrected chi connectivity index (χ4v) is 4.85. The molecule has 1 atom stereocenters. The second kappa shape index (κ2) is 10.1. The minimum Gasteiger partial charge on any atom is -0.386 e. The topological polar surface area (TPSA) is 96.5 Å². The largest absolute Gasteiger partial charge is 0.386 e. The average molecular weight is 443 g/mol. The molecular weight excluding hydrogens is 412 g/mol. The Balaban J connectivity index is 1.29. The van der Waals surface area contributed by atoms with E-state index in [0.29, 0.717) is 19.0 Å². The molecule has 3 N–H and O–H groups in total. The highest BCUT2D eigenvalue weighted by Gasteiger charge is 2.16. The van der Waals surface area contributed by atoms with Gasteiger partial charge in [-0.05, 0) is 43.7 Å². The van der Waals surface area contributed by atoms with Crippen LogP contribution in [0.5, 0.6) is 0 Å². The molecular formula is C22H30N6O2S. The second-order valence-electron chi connectivity index (χ2n) is 7.73. The number of nitrogens with zero attached hydrogens (tertiary/aromatic N) is 4. The molecule has 0 amide bonds. The molecule has 0 radical (unpaired) electrons. The maximum Gasteiger partial charge on any atom is 0.345 e. The first-order valence-electron chi connectivity index (χ1n) is 11.0. The third kappa shape index (κ3) is 5.16. The Labute approximate surface area is 185 Å². The Kier molecular flexibility index (Phi) is 7.03. The highest BCUT2D eigenvalue weighted by Crippen LogP contribution is 2.29. The van der Waals surface area contributed by atoms with Crippen molar-refractivity contribution in [2.24, 2.45) is 4.99 Å². The number of rotatable bonds is 8. The first-order chi connectivity index (χ1) is 15.2. The van der Waals surface area contributed by atoms with E-state index < -0.39 is 6.10 Å². The summed E-state index contributed by atoms with van der Waals surface area (Å²) >= 11 is 1.60. The smallest absolute Gasteiger partial charge is 0.345 e. The number of aliphatic imine (C=N–C) groups is 1. The average Bonchev–Trinajstić information content (AvgIpc) is 3.36. The number of aromatic nitrogens is 3. The molecule has 1 aliphatic rings. The molecule has 8 nitrogen and oxygen atoms in total. The van der Waals surface area contributed by atoms with Gasteiger partial charge in [0.2, 0.25) is 0 Å². The molecule has 1 aromatic carbocycles. The third-order valence-corrected chi connectivity index (χ3v) is 6.63. The van der Waals surface area contributed by atoms with Crippen LogP contribution in [0.4, 0.5) is 0 Å². The van der Waals surface area contributed by atoms with Gasteiger partial charge in [-0.2, -0.15) is 5.10 Å². The number of hydrogen-bond donors (Lipinski definition) is 3. The Hall–Kier alpha value is -2.65. The molecule has 1 unspecified atom stereocenters. The predicted molar refractivity (Wildman–Crippen MR) is 125 cm³/mol. The third-order valence-electron chi connectivity index (χ3n) is 5.41. The highest BCUT2D eigenvalue weighted by molar-refractivity contribution is 7.19. The minimum atomic E-state index is -0.636. The van der Waals surface area contributed by atoms with Crippen molar-refractivity contribution in [3.05, 3.63) is 51.5 Å². The number of nitrogens with one attached hydrogen (secondary N) is 2. The lowest BCUT2D eigenvalue weighted by atomic mass is 10.2. The number of benzene rings is 1. The molecule has 3 aromatic rings. The quantitative estimate of drug-likeness (QED) is 0.283. The molecule has 0 saturated heterocycles. The molecule has 3 heterocycles. The van der Waals surface area contributed by atoms with E-state index in [9.17, 15) is 9.90 Å². The van der Waals surface area contributed by atoms with E-state index in [1.54, 1.807) is 20.6 Å². The molecule has 0 spiro atoms. The van der Waals surface area contributed by atoms with Crippen molar-refractivity contribution in [1.29, 1.82) is 0 Å². The number of guanidine groups is 1. The van der Waals surface area contributed by atoms with E-state index >= 15 is 0 Å². The van der Waals surface area contributed by atoms with Crippen LogP contribution in [0.3, 0.4) is 0 Å². The summed E-state index contributed by atoms with van der Waals surface area (Å²) in [4.78, 5) is 17.9. The summed E-state index contributed by atoms with van der Waals surface area (Å²) in [5, 5.41) is 22.7. The van der Waals surface area contributed by atoms with Gasteiger partial charge in [0.1, 0.15) is 11.9 Å². The standard InChI is InChI=1S/C22H30N6O2S/c1-2-23-21(25-15-17(29)19-14-16-8-3-4-9-18(16)31-19)24-11-7-13-28-22(30)27-12-6-5-10-20(27)26-28/h3-4,8-9,14,17,29H,2,5-7,10-13,15H2,1H3,(H2,23,24,25). The number of aliphatic hydroxyl groups is 1. The molecule has 31 heavy (non-hydrogen) atoms. The van der Waals surface area contributed by atoms with Crippen molar-refractivity contribution in [1.82, 2.24) is 25.0 Å². The van der Waals surface area contributed by atoms with Crippen LogP contribution in [0.2, 0.25) is 0 Å². The van der Waals surface area contributed by atoms with Gasteiger partial charge in [-0.25, -0.2) is 9.48 Å². The maximum atomic E-state index is 12.4. The SMILES string of the molecule is CCNC(=NCC(O)c1cc2ccccc2s1)NCCCn1nc2n(c1=O)CCCC2. The summed E-state index contributed by atoms with van der Waals surface area (Å²) in [6.07, 6.45) is 3.17. The molecule has 0 bridgehead atoms. The monoisotopic (exact) mass is 442 g/mol. The van der Waals surface area contributed by atoms with Gasteiger partial charge in [-0.15, -0.1) is 11.3 Å². The van der Waals surface area contributed by atoms with Crippen LogP contribution in [-0.2, 0) is 19.5 Å². The van der Waals surface area contributed by atoms with E-state index in [2.05, 4.69) is 32.9 Å².